The molecular formula is C24H30FN4O7P. The number of aliphatic hydroxyl groups is 1. The summed E-state index contributed by atoms with van der Waals surface area (Å²) in [6.45, 7) is 4.18. The highest BCUT2D eigenvalue weighted by molar-refractivity contribution is 7.52. The van der Waals surface area contributed by atoms with E-state index in [1.165, 1.54) is 24.6 Å². The summed E-state index contributed by atoms with van der Waals surface area (Å²) in [7, 11) is -4.22. The minimum Gasteiger partial charge on any atom is -0.465 e. The van der Waals surface area contributed by atoms with Gasteiger partial charge in [-0.15, -0.1) is 0 Å². The van der Waals surface area contributed by atoms with Crippen LogP contribution in [0.2, 0.25) is 0 Å². The lowest BCUT2D eigenvalue weighted by atomic mass is 9.94. The predicted molar refractivity (Wildman–Crippen MR) is 133 cm³/mol. The first-order chi connectivity index (χ1) is 17.6. The maximum atomic E-state index is 15.5. The number of rotatable bonds is 10. The Morgan fingerprint density at radius 2 is 2.05 bits per heavy atom. The molecule has 1 fully saturated rings. The van der Waals surface area contributed by atoms with E-state index >= 15 is 4.39 Å². The third kappa shape index (κ3) is 5.48. The van der Waals surface area contributed by atoms with E-state index in [-0.39, 0.29) is 12.4 Å². The van der Waals surface area contributed by atoms with E-state index in [0.29, 0.717) is 16.9 Å². The number of aliphatic hydroxyl groups excluding tert-OH is 1. The zero-order valence-electron chi connectivity index (χ0n) is 20.6. The summed E-state index contributed by atoms with van der Waals surface area (Å²) in [5.74, 6) is -0.456. The number of anilines is 1. The number of para-hydroxylation sites is 1. The summed E-state index contributed by atoms with van der Waals surface area (Å²) in [6, 6.07) is 12.0. The molecule has 200 valence electrons. The number of nitrogens with two attached hydrogens (primary N) is 1. The first-order valence-electron chi connectivity index (χ1n) is 11.7. The van der Waals surface area contributed by atoms with Gasteiger partial charge in [-0.25, -0.2) is 13.5 Å². The van der Waals surface area contributed by atoms with E-state index in [1.807, 2.05) is 0 Å². The number of aromatic nitrogens is 2. The molecule has 0 radical (unpaired) electrons. The fourth-order valence-corrected chi connectivity index (χ4v) is 5.65. The molecule has 1 unspecified atom stereocenters. The van der Waals surface area contributed by atoms with Crippen molar-refractivity contribution in [2.24, 2.45) is 0 Å². The topological polar surface area (TPSA) is 147 Å². The second-order valence-corrected chi connectivity index (χ2v) is 10.5. The molecule has 3 aromatic rings. The number of carbonyl (C=O) groups excluding carboxylic acids is 1. The van der Waals surface area contributed by atoms with Gasteiger partial charge in [0, 0.05) is 6.20 Å². The lowest BCUT2D eigenvalue weighted by molar-refractivity contribution is -0.144. The normalized spacial score (nSPS) is 26.0. The van der Waals surface area contributed by atoms with Crippen LogP contribution in [0.4, 0.5) is 10.1 Å². The summed E-state index contributed by atoms with van der Waals surface area (Å²) in [6.07, 6.45) is -3.24. The highest BCUT2D eigenvalue weighted by atomic mass is 31.2. The third-order valence-electron chi connectivity index (χ3n) is 6.07. The van der Waals surface area contributed by atoms with Gasteiger partial charge in [-0.3, -0.25) is 9.32 Å². The van der Waals surface area contributed by atoms with E-state index in [9.17, 15) is 14.5 Å². The number of nitrogens with zero attached hydrogens (tertiary/aromatic N) is 2. The van der Waals surface area contributed by atoms with Crippen molar-refractivity contribution in [1.29, 1.82) is 0 Å². The number of halogens is 1. The van der Waals surface area contributed by atoms with Gasteiger partial charge in [-0.1, -0.05) is 18.2 Å². The average Bonchev–Trinajstić information content (AvgIpc) is 3.40. The van der Waals surface area contributed by atoms with Crippen molar-refractivity contribution < 1.29 is 37.4 Å². The second kappa shape index (κ2) is 10.8. The molecule has 1 aliphatic heterocycles. The fraction of sp³-hybridized carbons (Fsp3) is 0.417. The molecule has 0 saturated carbocycles. The Morgan fingerprint density at radius 1 is 1.32 bits per heavy atom. The zero-order valence-corrected chi connectivity index (χ0v) is 21.5. The van der Waals surface area contributed by atoms with E-state index in [0.717, 1.165) is 0 Å². The summed E-state index contributed by atoms with van der Waals surface area (Å²) in [5.41, 5.74) is 5.71. The summed E-state index contributed by atoms with van der Waals surface area (Å²) in [5, 5.41) is 17.5. The van der Waals surface area contributed by atoms with Crippen molar-refractivity contribution >= 4 is 24.9 Å². The molecule has 0 bridgehead atoms. The number of hydrogen-bond acceptors (Lipinski definition) is 9. The summed E-state index contributed by atoms with van der Waals surface area (Å²) < 4.78 is 52.6. The van der Waals surface area contributed by atoms with Crippen molar-refractivity contribution in [3.63, 3.8) is 0 Å². The molecule has 37 heavy (non-hydrogen) atoms. The fourth-order valence-electron chi connectivity index (χ4n) is 4.15. The number of alkyl halides is 1. The van der Waals surface area contributed by atoms with Gasteiger partial charge in [0.1, 0.15) is 29.6 Å². The molecule has 4 N–H and O–H groups in total. The van der Waals surface area contributed by atoms with Gasteiger partial charge in [0.25, 0.3) is 0 Å². The molecule has 1 aliphatic rings. The first kappa shape index (κ1) is 27.0. The Bertz CT molecular complexity index is 1290. The molecule has 0 aliphatic carbocycles. The van der Waals surface area contributed by atoms with Crippen LogP contribution in [0.3, 0.4) is 0 Å². The summed E-state index contributed by atoms with van der Waals surface area (Å²) in [4.78, 5) is 12.1. The van der Waals surface area contributed by atoms with Gasteiger partial charge < -0.3 is 24.8 Å². The standard InChI is InChI=1S/C24H30FN4O7P/c1-4-33-23(31)15(2)28-37(32,36-16-8-6-5-7-9-16)34-14-19-21(30)22(25)24(3,35-19)20-11-10-18-17(26)12-13-27-29(18)20/h5-13,15,19,21-22,30H,4,14,26H2,1-3H3,(H,28,32)/t15-,19-,21-,22-,24+,37?/m1/s1. The van der Waals surface area contributed by atoms with Crippen LogP contribution in [0.15, 0.2) is 54.7 Å². The van der Waals surface area contributed by atoms with E-state index in [1.54, 1.807) is 55.5 Å². The van der Waals surface area contributed by atoms with Crippen LogP contribution >= 0.6 is 7.75 Å². The molecule has 1 saturated heterocycles. The maximum absolute atomic E-state index is 15.5. The van der Waals surface area contributed by atoms with Crippen LogP contribution in [-0.2, 0) is 29.0 Å². The van der Waals surface area contributed by atoms with E-state index in [4.69, 9.17) is 24.3 Å². The average molecular weight is 536 g/mol. The number of hydrogen-bond donors (Lipinski definition) is 3. The van der Waals surface area contributed by atoms with Gasteiger partial charge >= 0.3 is 13.7 Å². The number of nitrogens with one attached hydrogen (secondary N) is 1. The lowest BCUT2D eigenvalue weighted by Gasteiger charge is -2.27. The van der Waals surface area contributed by atoms with Crippen LogP contribution in [-0.4, -0.2) is 58.3 Å². The molecule has 3 heterocycles. The predicted octanol–water partition coefficient (Wildman–Crippen LogP) is 2.97. The van der Waals surface area contributed by atoms with Gasteiger partial charge in [0.15, 0.2) is 6.17 Å². The molecule has 13 heteroatoms. The molecule has 0 amide bonds. The monoisotopic (exact) mass is 536 g/mol. The quantitative estimate of drug-likeness (QED) is 0.261. The number of benzene rings is 1. The second-order valence-electron chi connectivity index (χ2n) is 8.76. The molecule has 6 atom stereocenters. The smallest absolute Gasteiger partial charge is 0.459 e. The molecule has 2 aromatic heterocycles. The maximum Gasteiger partial charge on any atom is 0.459 e. The zero-order chi connectivity index (χ0) is 26.8. The Labute approximate surface area is 213 Å². The Morgan fingerprint density at radius 3 is 2.76 bits per heavy atom. The number of ether oxygens (including phenoxy) is 2. The van der Waals surface area contributed by atoms with Crippen LogP contribution in [0.5, 0.6) is 5.75 Å². The highest BCUT2D eigenvalue weighted by Gasteiger charge is 2.55. The molecule has 1 aromatic carbocycles. The number of fused-ring (bicyclic) bond motifs is 1. The lowest BCUT2D eigenvalue weighted by Crippen LogP contribution is -2.37. The van der Waals surface area contributed by atoms with Crippen LogP contribution in [0.25, 0.3) is 5.52 Å². The Balaban J connectivity index is 1.54. The number of nitrogen functional groups attached to an aromatic ring is 1. The molecule has 0 spiro atoms. The molecule has 4 rings (SSSR count). The first-order valence-corrected chi connectivity index (χ1v) is 13.3. The molecule has 11 nitrogen and oxygen atoms in total. The van der Waals surface area contributed by atoms with Crippen LogP contribution in [0.1, 0.15) is 26.5 Å². The Kier molecular flexibility index (Phi) is 7.86. The van der Waals surface area contributed by atoms with Crippen molar-refractivity contribution in [3.8, 4) is 5.75 Å². The van der Waals surface area contributed by atoms with Crippen LogP contribution in [0, 0.1) is 0 Å². The largest absolute Gasteiger partial charge is 0.465 e. The van der Waals surface area contributed by atoms with E-state index < -0.39 is 50.3 Å². The van der Waals surface area contributed by atoms with Gasteiger partial charge in [0.05, 0.1) is 30.1 Å². The van der Waals surface area contributed by atoms with Gasteiger partial charge in [-0.05, 0) is 51.1 Å². The van der Waals surface area contributed by atoms with E-state index in [2.05, 4.69) is 10.2 Å². The summed E-state index contributed by atoms with van der Waals surface area (Å²) >= 11 is 0. The molecular weight excluding hydrogens is 506 g/mol. The SMILES string of the molecule is CCOC(=O)[C@@H](C)NP(=O)(OC[C@H]1O[C@@](C)(c2ccc3c(N)ccnn23)[C@H](F)[C@@H]1O)Oc1ccccc1. The highest BCUT2D eigenvalue weighted by Crippen LogP contribution is 2.47. The van der Waals surface area contributed by atoms with Gasteiger partial charge in [-0.2, -0.15) is 10.2 Å². The van der Waals surface area contributed by atoms with Crippen molar-refractivity contribution in [2.75, 3.05) is 18.9 Å². The third-order valence-corrected chi connectivity index (χ3v) is 7.71. The van der Waals surface area contributed by atoms with Crippen molar-refractivity contribution in [1.82, 2.24) is 14.7 Å². The van der Waals surface area contributed by atoms with Crippen molar-refractivity contribution in [2.45, 2.75) is 50.8 Å². The van der Waals surface area contributed by atoms with Crippen LogP contribution < -0.4 is 15.3 Å². The minimum absolute atomic E-state index is 0.128. The Hall–Kier alpha value is -3.02. The van der Waals surface area contributed by atoms with Gasteiger partial charge in [0.2, 0.25) is 0 Å². The number of carbonyl (C=O) groups is 1. The van der Waals surface area contributed by atoms with Crippen molar-refractivity contribution in [3.05, 3.63) is 60.4 Å². The minimum atomic E-state index is -4.22. The number of esters is 1.